The molecule has 1 atom stereocenters. The highest BCUT2D eigenvalue weighted by atomic mass is 16.6. The number of nitrogens with zero attached hydrogens (tertiary/aromatic N) is 1. The van der Waals surface area contributed by atoms with Gasteiger partial charge in [0.25, 0.3) is 0 Å². The largest absolute Gasteiger partial charge is 0.479 e. The van der Waals surface area contributed by atoms with Crippen LogP contribution in [0.25, 0.3) is 0 Å². The normalized spacial score (nSPS) is 11.6. The zero-order chi connectivity index (χ0) is 13.4. The molecule has 0 saturated carbocycles. The number of amides is 1. The lowest BCUT2D eigenvalue weighted by molar-refractivity contribution is -0.126. The highest BCUT2D eigenvalue weighted by Gasteiger charge is 2.06. The maximum atomic E-state index is 10.5. The van der Waals surface area contributed by atoms with Gasteiger partial charge in [-0.1, -0.05) is 12.1 Å². The van der Waals surface area contributed by atoms with E-state index in [0.717, 1.165) is 5.56 Å². The van der Waals surface area contributed by atoms with E-state index in [4.69, 9.17) is 20.6 Å². The number of hydrogen-bond acceptors (Lipinski definition) is 5. The van der Waals surface area contributed by atoms with Crippen LogP contribution in [0.1, 0.15) is 18.5 Å². The molecule has 0 aromatic heterocycles. The summed E-state index contributed by atoms with van der Waals surface area (Å²) in [6.45, 7) is 1.73. The summed E-state index contributed by atoms with van der Waals surface area (Å²) in [5.74, 6) is 0.0977. The summed E-state index contributed by atoms with van der Waals surface area (Å²) in [7, 11) is 0. The molecule has 0 aliphatic rings. The van der Waals surface area contributed by atoms with Crippen LogP contribution in [0, 0.1) is 11.3 Å². The summed E-state index contributed by atoms with van der Waals surface area (Å²) < 4.78 is 5.13. The lowest BCUT2D eigenvalue weighted by Crippen LogP contribution is -2.26. The standard InChI is InChI=1S/C12H15N3O3/c1-9(15-18-8-12(14)16)10-2-4-11(5-3-10)17-7-6-13/h2-5,9,15H,7-8H2,1H3,(H2,14,16). The molecule has 1 aromatic rings. The molecule has 0 fully saturated rings. The number of rotatable bonds is 7. The molecule has 0 aliphatic carbocycles. The molecule has 0 radical (unpaired) electrons. The fraction of sp³-hybridized carbons (Fsp3) is 0.333. The zero-order valence-corrected chi connectivity index (χ0v) is 10.1. The lowest BCUT2D eigenvalue weighted by Gasteiger charge is -2.13. The number of nitrogens with one attached hydrogen (secondary N) is 1. The van der Waals surface area contributed by atoms with Crippen LogP contribution in [0.5, 0.6) is 5.75 Å². The number of hydroxylamine groups is 1. The Labute approximate surface area is 105 Å². The molecule has 0 aliphatic heterocycles. The third-order valence-corrected chi connectivity index (χ3v) is 2.16. The van der Waals surface area contributed by atoms with Crippen molar-refractivity contribution in [3.63, 3.8) is 0 Å². The van der Waals surface area contributed by atoms with Crippen LogP contribution in [-0.4, -0.2) is 19.1 Å². The van der Waals surface area contributed by atoms with Crippen LogP contribution in [-0.2, 0) is 9.63 Å². The van der Waals surface area contributed by atoms with Crippen molar-refractivity contribution >= 4 is 5.91 Å². The number of ether oxygens (including phenoxy) is 1. The molecule has 6 heteroatoms. The van der Waals surface area contributed by atoms with Crippen LogP contribution in [0.15, 0.2) is 24.3 Å². The molecular weight excluding hydrogens is 234 g/mol. The fourth-order valence-corrected chi connectivity index (χ4v) is 1.27. The van der Waals surface area contributed by atoms with E-state index in [2.05, 4.69) is 5.48 Å². The molecule has 6 nitrogen and oxygen atoms in total. The first-order valence-corrected chi connectivity index (χ1v) is 5.39. The Morgan fingerprint density at radius 1 is 1.50 bits per heavy atom. The van der Waals surface area contributed by atoms with Gasteiger partial charge in [0, 0.05) is 0 Å². The SMILES string of the molecule is CC(NOCC(N)=O)c1ccc(OCC#N)cc1. The van der Waals surface area contributed by atoms with Gasteiger partial charge in [0.2, 0.25) is 5.91 Å². The molecule has 18 heavy (non-hydrogen) atoms. The van der Waals surface area contributed by atoms with E-state index in [1.54, 1.807) is 12.1 Å². The topological polar surface area (TPSA) is 97.4 Å². The first-order valence-electron chi connectivity index (χ1n) is 5.39. The number of nitriles is 1. The van der Waals surface area contributed by atoms with Crippen molar-refractivity contribution in [2.24, 2.45) is 5.73 Å². The van der Waals surface area contributed by atoms with Crippen molar-refractivity contribution in [3.8, 4) is 11.8 Å². The van der Waals surface area contributed by atoms with E-state index in [1.165, 1.54) is 0 Å². The van der Waals surface area contributed by atoms with Gasteiger partial charge >= 0.3 is 0 Å². The van der Waals surface area contributed by atoms with Crippen LogP contribution < -0.4 is 16.0 Å². The van der Waals surface area contributed by atoms with E-state index in [9.17, 15) is 4.79 Å². The minimum absolute atomic E-state index is 0.0227. The maximum Gasteiger partial charge on any atom is 0.245 e. The Kier molecular flexibility index (Phi) is 5.64. The molecule has 0 heterocycles. The summed E-state index contributed by atoms with van der Waals surface area (Å²) in [4.78, 5) is 15.4. The second-order valence-electron chi connectivity index (χ2n) is 3.61. The quantitative estimate of drug-likeness (QED) is 0.692. The second-order valence-corrected chi connectivity index (χ2v) is 3.61. The van der Waals surface area contributed by atoms with Crippen LogP contribution in [0.4, 0.5) is 0 Å². The predicted molar refractivity (Wildman–Crippen MR) is 64.2 cm³/mol. The number of benzene rings is 1. The first kappa shape index (κ1) is 14.0. The van der Waals surface area contributed by atoms with Gasteiger partial charge < -0.3 is 10.5 Å². The molecule has 96 valence electrons. The Balaban J connectivity index is 2.46. The number of hydrogen-bond donors (Lipinski definition) is 2. The molecule has 1 rings (SSSR count). The summed E-state index contributed by atoms with van der Waals surface area (Å²) in [6, 6.07) is 9.02. The zero-order valence-electron chi connectivity index (χ0n) is 10.1. The Morgan fingerprint density at radius 3 is 2.72 bits per heavy atom. The molecule has 0 bridgehead atoms. The molecule has 1 unspecified atom stereocenters. The monoisotopic (exact) mass is 249 g/mol. The van der Waals surface area contributed by atoms with E-state index in [-0.39, 0.29) is 19.3 Å². The van der Waals surface area contributed by atoms with Crippen LogP contribution in [0.3, 0.4) is 0 Å². The average molecular weight is 249 g/mol. The van der Waals surface area contributed by atoms with Crippen molar-refractivity contribution in [1.82, 2.24) is 5.48 Å². The number of carbonyl (C=O) groups is 1. The van der Waals surface area contributed by atoms with Gasteiger partial charge in [0.15, 0.2) is 6.61 Å². The van der Waals surface area contributed by atoms with Gasteiger partial charge in [-0.3, -0.25) is 9.63 Å². The van der Waals surface area contributed by atoms with Gasteiger partial charge in [-0.15, -0.1) is 0 Å². The lowest BCUT2D eigenvalue weighted by atomic mass is 10.1. The van der Waals surface area contributed by atoms with Crippen LogP contribution >= 0.6 is 0 Å². The third-order valence-electron chi connectivity index (χ3n) is 2.16. The highest BCUT2D eigenvalue weighted by molar-refractivity contribution is 5.74. The van der Waals surface area contributed by atoms with Crippen molar-refractivity contribution in [1.29, 1.82) is 5.26 Å². The third kappa shape index (κ3) is 4.82. The molecular formula is C12H15N3O3. The van der Waals surface area contributed by atoms with E-state index >= 15 is 0 Å². The number of nitrogens with two attached hydrogens (primary N) is 1. The van der Waals surface area contributed by atoms with Crippen LogP contribution in [0.2, 0.25) is 0 Å². The van der Waals surface area contributed by atoms with Gasteiger partial charge in [-0.2, -0.15) is 10.7 Å². The molecule has 3 N–H and O–H groups in total. The van der Waals surface area contributed by atoms with Gasteiger partial charge in [0.1, 0.15) is 18.4 Å². The number of carbonyl (C=O) groups excluding carboxylic acids is 1. The summed E-state index contributed by atoms with van der Waals surface area (Å²) in [6.07, 6.45) is 0. The average Bonchev–Trinajstić information content (AvgIpc) is 2.36. The summed E-state index contributed by atoms with van der Waals surface area (Å²) in [5.41, 5.74) is 8.60. The summed E-state index contributed by atoms with van der Waals surface area (Å²) >= 11 is 0. The smallest absolute Gasteiger partial charge is 0.245 e. The first-order chi connectivity index (χ1) is 8.63. The number of primary amides is 1. The van der Waals surface area contributed by atoms with E-state index in [1.807, 2.05) is 25.1 Å². The fourth-order valence-electron chi connectivity index (χ4n) is 1.27. The minimum Gasteiger partial charge on any atom is -0.479 e. The minimum atomic E-state index is -0.532. The predicted octanol–water partition coefficient (Wildman–Crippen LogP) is 0.656. The van der Waals surface area contributed by atoms with Crippen molar-refractivity contribution in [2.75, 3.05) is 13.2 Å². The Hall–Kier alpha value is -2.10. The van der Waals surface area contributed by atoms with Gasteiger partial charge in [0.05, 0.1) is 6.04 Å². The summed E-state index contributed by atoms with van der Waals surface area (Å²) in [5, 5.41) is 8.37. The van der Waals surface area contributed by atoms with Gasteiger partial charge in [-0.25, -0.2) is 0 Å². The Bertz CT molecular complexity index is 425. The molecule has 0 spiro atoms. The molecule has 1 aromatic carbocycles. The van der Waals surface area contributed by atoms with Crippen molar-refractivity contribution in [2.45, 2.75) is 13.0 Å². The highest BCUT2D eigenvalue weighted by Crippen LogP contribution is 2.17. The molecule has 0 saturated heterocycles. The second kappa shape index (κ2) is 7.27. The van der Waals surface area contributed by atoms with E-state index in [0.29, 0.717) is 5.75 Å². The maximum absolute atomic E-state index is 10.5. The Morgan fingerprint density at radius 2 is 2.17 bits per heavy atom. The van der Waals surface area contributed by atoms with E-state index < -0.39 is 5.91 Å². The van der Waals surface area contributed by atoms with Gasteiger partial charge in [-0.05, 0) is 24.6 Å². The van der Waals surface area contributed by atoms with Crippen molar-refractivity contribution < 1.29 is 14.4 Å². The molecule has 1 amide bonds. The van der Waals surface area contributed by atoms with Crippen molar-refractivity contribution in [3.05, 3.63) is 29.8 Å².